The Labute approximate surface area is 123 Å². The lowest BCUT2D eigenvalue weighted by Crippen LogP contribution is -2.33. The summed E-state index contributed by atoms with van der Waals surface area (Å²) in [6.07, 6.45) is 4.45. The number of aryl methyl sites for hydroxylation is 1. The number of rotatable bonds is 4. The van der Waals surface area contributed by atoms with Gasteiger partial charge in [0.15, 0.2) is 0 Å². The minimum atomic E-state index is 0.0158. The molecule has 1 fully saturated rings. The predicted molar refractivity (Wildman–Crippen MR) is 82.1 cm³/mol. The highest BCUT2D eigenvalue weighted by molar-refractivity contribution is 5.97. The van der Waals surface area contributed by atoms with Gasteiger partial charge in [-0.1, -0.05) is 12.1 Å². The van der Waals surface area contributed by atoms with Gasteiger partial charge in [-0.25, -0.2) is 9.78 Å². The number of nitrogens with zero attached hydrogens (tertiary/aromatic N) is 4. The van der Waals surface area contributed by atoms with Crippen LogP contribution in [-0.2, 0) is 13.5 Å². The summed E-state index contributed by atoms with van der Waals surface area (Å²) in [5, 5.41) is 0. The van der Waals surface area contributed by atoms with Crippen molar-refractivity contribution in [1.82, 2.24) is 14.5 Å². The zero-order chi connectivity index (χ0) is 14.8. The summed E-state index contributed by atoms with van der Waals surface area (Å²) in [6.45, 7) is 2.07. The molecule has 3 rings (SSSR count). The van der Waals surface area contributed by atoms with Gasteiger partial charge in [-0.3, -0.25) is 4.90 Å². The van der Waals surface area contributed by atoms with Crippen LogP contribution in [0.25, 0.3) is 0 Å². The maximum atomic E-state index is 12.5. The number of carbonyl (C=O) groups excluding carboxylic acids is 1. The van der Waals surface area contributed by atoms with Gasteiger partial charge >= 0.3 is 6.03 Å². The summed E-state index contributed by atoms with van der Waals surface area (Å²) < 4.78 is 1.98. The molecule has 1 aromatic heterocycles. The fourth-order valence-electron chi connectivity index (χ4n) is 2.62. The van der Waals surface area contributed by atoms with E-state index in [4.69, 9.17) is 5.73 Å². The van der Waals surface area contributed by atoms with Crippen LogP contribution in [-0.4, -0.2) is 40.1 Å². The van der Waals surface area contributed by atoms with E-state index in [2.05, 4.69) is 4.98 Å². The van der Waals surface area contributed by atoms with Gasteiger partial charge < -0.3 is 15.2 Å². The van der Waals surface area contributed by atoms with Gasteiger partial charge in [0.2, 0.25) is 0 Å². The second-order valence-electron chi connectivity index (χ2n) is 5.18. The Morgan fingerprint density at radius 1 is 1.29 bits per heavy atom. The number of aromatic nitrogens is 2. The third kappa shape index (κ3) is 2.56. The van der Waals surface area contributed by atoms with E-state index < -0.39 is 0 Å². The van der Waals surface area contributed by atoms with Crippen LogP contribution < -0.4 is 10.6 Å². The molecule has 21 heavy (non-hydrogen) atoms. The molecular weight excluding hydrogens is 266 g/mol. The molecule has 0 saturated carbocycles. The molecule has 0 radical (unpaired) electrons. The van der Waals surface area contributed by atoms with Crippen molar-refractivity contribution < 1.29 is 4.79 Å². The van der Waals surface area contributed by atoms with Crippen molar-refractivity contribution >= 4 is 17.4 Å². The summed E-state index contributed by atoms with van der Waals surface area (Å²) in [7, 11) is 1.96. The Hall–Kier alpha value is -2.50. The van der Waals surface area contributed by atoms with Crippen LogP contribution in [0.4, 0.5) is 16.2 Å². The first-order valence-electron chi connectivity index (χ1n) is 7.04. The topological polar surface area (TPSA) is 67.4 Å². The minimum absolute atomic E-state index is 0.0158. The quantitative estimate of drug-likeness (QED) is 0.865. The van der Waals surface area contributed by atoms with E-state index in [0.717, 1.165) is 24.5 Å². The fourth-order valence-corrected chi connectivity index (χ4v) is 2.62. The maximum absolute atomic E-state index is 12.5. The molecule has 0 unspecified atom stereocenters. The van der Waals surface area contributed by atoms with Gasteiger partial charge in [0, 0.05) is 45.5 Å². The van der Waals surface area contributed by atoms with Crippen molar-refractivity contribution in [2.24, 2.45) is 7.05 Å². The summed E-state index contributed by atoms with van der Waals surface area (Å²) in [5.41, 5.74) is 7.38. The average molecular weight is 285 g/mol. The molecule has 0 atom stereocenters. The molecule has 1 saturated heterocycles. The number of carbonyl (C=O) groups is 1. The molecule has 110 valence electrons. The molecule has 0 spiro atoms. The van der Waals surface area contributed by atoms with E-state index in [9.17, 15) is 4.79 Å². The molecule has 0 aliphatic carbocycles. The van der Waals surface area contributed by atoms with E-state index in [1.54, 1.807) is 11.1 Å². The predicted octanol–water partition coefficient (Wildman–Crippen LogP) is 1.49. The number of hydrogen-bond acceptors (Lipinski definition) is 3. The average Bonchev–Trinajstić information content (AvgIpc) is 3.04. The van der Waals surface area contributed by atoms with Crippen molar-refractivity contribution in [2.75, 3.05) is 30.3 Å². The molecule has 0 bridgehead atoms. The van der Waals surface area contributed by atoms with Crippen molar-refractivity contribution in [2.45, 2.75) is 6.42 Å². The monoisotopic (exact) mass is 285 g/mol. The van der Waals surface area contributed by atoms with E-state index in [1.165, 1.54) is 0 Å². The maximum Gasteiger partial charge on any atom is 0.324 e. The van der Waals surface area contributed by atoms with Crippen LogP contribution >= 0.6 is 0 Å². The Morgan fingerprint density at radius 2 is 2.10 bits per heavy atom. The molecule has 1 aliphatic rings. The third-order valence-electron chi connectivity index (χ3n) is 3.85. The zero-order valence-corrected chi connectivity index (χ0v) is 12.1. The zero-order valence-electron chi connectivity index (χ0n) is 12.1. The third-order valence-corrected chi connectivity index (χ3v) is 3.85. The lowest BCUT2D eigenvalue weighted by molar-refractivity contribution is 0.221. The highest BCUT2D eigenvalue weighted by Crippen LogP contribution is 2.26. The second-order valence-corrected chi connectivity index (χ2v) is 5.18. The fraction of sp³-hybridized carbons (Fsp3) is 0.333. The number of hydrogen-bond donors (Lipinski definition) is 1. The highest BCUT2D eigenvalue weighted by Gasteiger charge is 2.30. The van der Waals surface area contributed by atoms with E-state index in [0.29, 0.717) is 18.8 Å². The van der Waals surface area contributed by atoms with Crippen LogP contribution in [0, 0.1) is 0 Å². The van der Waals surface area contributed by atoms with Crippen molar-refractivity contribution in [3.8, 4) is 0 Å². The van der Waals surface area contributed by atoms with Gasteiger partial charge in [0.1, 0.15) is 5.82 Å². The van der Waals surface area contributed by atoms with Gasteiger partial charge in [-0.15, -0.1) is 0 Å². The van der Waals surface area contributed by atoms with Crippen LogP contribution in [0.1, 0.15) is 5.82 Å². The van der Waals surface area contributed by atoms with Gasteiger partial charge in [-0.05, 0) is 12.1 Å². The molecule has 2 heterocycles. The SMILES string of the molecule is Cn1ccnc1CCN1CCN(c2ccccc2N)C1=O. The van der Waals surface area contributed by atoms with Gasteiger partial charge in [0.05, 0.1) is 11.4 Å². The standard InChI is InChI=1S/C15H19N5O/c1-18-9-7-17-14(18)6-8-19-10-11-20(15(19)21)13-5-3-2-4-12(13)16/h2-5,7,9H,6,8,10-11,16H2,1H3. The second kappa shape index (κ2) is 5.47. The Bertz CT molecular complexity index is 651. The van der Waals surface area contributed by atoms with E-state index in [1.807, 2.05) is 47.0 Å². The molecule has 1 aliphatic heterocycles. The Kier molecular flexibility index (Phi) is 3.51. The first kappa shape index (κ1) is 13.5. The summed E-state index contributed by atoms with van der Waals surface area (Å²) in [4.78, 5) is 20.3. The van der Waals surface area contributed by atoms with E-state index >= 15 is 0 Å². The molecule has 6 nitrogen and oxygen atoms in total. The summed E-state index contributed by atoms with van der Waals surface area (Å²) >= 11 is 0. The molecular formula is C15H19N5O. The Balaban J connectivity index is 1.67. The summed E-state index contributed by atoms with van der Waals surface area (Å²) in [6, 6.07) is 7.49. The Morgan fingerprint density at radius 3 is 2.81 bits per heavy atom. The molecule has 1 aromatic carbocycles. The number of urea groups is 1. The van der Waals surface area contributed by atoms with Crippen molar-refractivity contribution in [3.63, 3.8) is 0 Å². The van der Waals surface area contributed by atoms with Crippen LogP contribution in [0.3, 0.4) is 0 Å². The first-order chi connectivity index (χ1) is 10.2. The van der Waals surface area contributed by atoms with E-state index in [-0.39, 0.29) is 6.03 Å². The first-order valence-corrected chi connectivity index (χ1v) is 7.04. The molecule has 2 amide bonds. The number of benzene rings is 1. The molecule has 2 N–H and O–H groups in total. The van der Waals surface area contributed by atoms with Crippen molar-refractivity contribution in [1.29, 1.82) is 0 Å². The van der Waals surface area contributed by atoms with Gasteiger partial charge in [0.25, 0.3) is 0 Å². The number of nitrogen functional groups attached to an aromatic ring is 1. The molecule has 6 heteroatoms. The minimum Gasteiger partial charge on any atom is -0.397 e. The van der Waals surface area contributed by atoms with Crippen molar-refractivity contribution in [3.05, 3.63) is 42.5 Å². The number of anilines is 2. The van der Waals surface area contributed by atoms with Crippen LogP contribution in [0.5, 0.6) is 0 Å². The lowest BCUT2D eigenvalue weighted by atomic mass is 10.2. The van der Waals surface area contributed by atoms with Crippen LogP contribution in [0.2, 0.25) is 0 Å². The number of imidazole rings is 1. The summed E-state index contributed by atoms with van der Waals surface area (Å²) in [5.74, 6) is 0.987. The molecule has 2 aromatic rings. The highest BCUT2D eigenvalue weighted by atomic mass is 16.2. The normalized spacial score (nSPS) is 15.0. The number of nitrogens with two attached hydrogens (primary N) is 1. The number of amides is 2. The van der Waals surface area contributed by atoms with Gasteiger partial charge in [-0.2, -0.15) is 0 Å². The van der Waals surface area contributed by atoms with Crippen LogP contribution in [0.15, 0.2) is 36.7 Å². The number of para-hydroxylation sites is 2. The smallest absolute Gasteiger partial charge is 0.324 e. The largest absolute Gasteiger partial charge is 0.397 e. The lowest BCUT2D eigenvalue weighted by Gasteiger charge is -2.19.